The van der Waals surface area contributed by atoms with Crippen LogP contribution in [0.2, 0.25) is 0 Å². The average molecular weight is 422 g/mol. The first-order chi connectivity index (χ1) is 14.2. The van der Waals surface area contributed by atoms with Crippen LogP contribution in [-0.2, 0) is 28.6 Å². The monoisotopic (exact) mass is 422 g/mol. The van der Waals surface area contributed by atoms with Gasteiger partial charge in [-0.05, 0) is 31.6 Å². The highest BCUT2D eigenvalue weighted by Gasteiger charge is 2.47. The largest absolute Gasteiger partial charge is 0.458 e. The minimum Gasteiger partial charge on any atom is -0.458 e. The highest BCUT2D eigenvalue weighted by atomic mass is 16.6. The van der Waals surface area contributed by atoms with Crippen LogP contribution >= 0.6 is 0 Å². The highest BCUT2D eigenvalue weighted by molar-refractivity contribution is 5.89. The molecular weight excluding hydrogens is 392 g/mol. The Morgan fingerprint density at radius 2 is 1.97 bits per heavy atom. The van der Waals surface area contributed by atoms with Gasteiger partial charge >= 0.3 is 17.9 Å². The van der Waals surface area contributed by atoms with Crippen molar-refractivity contribution in [2.24, 2.45) is 11.8 Å². The molecule has 2 aliphatic rings. The predicted molar refractivity (Wildman–Crippen MR) is 107 cm³/mol. The molecule has 2 rings (SSSR count). The van der Waals surface area contributed by atoms with Gasteiger partial charge in [0.1, 0.15) is 18.3 Å². The van der Waals surface area contributed by atoms with Crippen molar-refractivity contribution in [3.63, 3.8) is 0 Å². The van der Waals surface area contributed by atoms with Gasteiger partial charge in [-0.1, -0.05) is 18.6 Å². The van der Waals surface area contributed by atoms with Crippen LogP contribution in [0.1, 0.15) is 40.5 Å². The lowest BCUT2D eigenvalue weighted by Gasteiger charge is -2.30. The lowest BCUT2D eigenvalue weighted by atomic mass is 9.82. The third-order valence-electron chi connectivity index (χ3n) is 5.49. The van der Waals surface area contributed by atoms with Gasteiger partial charge in [0.25, 0.3) is 0 Å². The number of aliphatic hydroxyl groups is 2. The molecule has 0 amide bonds. The van der Waals surface area contributed by atoms with E-state index in [1.54, 1.807) is 19.9 Å². The van der Waals surface area contributed by atoms with Gasteiger partial charge in [-0.3, -0.25) is 9.59 Å². The van der Waals surface area contributed by atoms with E-state index < -0.39 is 61.3 Å². The molecule has 1 heterocycles. The third-order valence-corrected chi connectivity index (χ3v) is 5.49. The molecule has 0 aromatic carbocycles. The molecule has 0 aromatic heterocycles. The van der Waals surface area contributed by atoms with Crippen molar-refractivity contribution in [2.75, 3.05) is 13.2 Å². The second-order valence-corrected chi connectivity index (χ2v) is 7.78. The predicted octanol–water partition coefficient (Wildman–Crippen LogP) is 1.60. The summed E-state index contributed by atoms with van der Waals surface area (Å²) >= 11 is 0. The fourth-order valence-electron chi connectivity index (χ4n) is 3.84. The first-order valence-electron chi connectivity index (χ1n) is 10.0. The average Bonchev–Trinajstić information content (AvgIpc) is 2.94. The zero-order valence-electron chi connectivity index (χ0n) is 17.8. The van der Waals surface area contributed by atoms with Crippen molar-refractivity contribution in [2.45, 2.75) is 58.8 Å². The second-order valence-electron chi connectivity index (χ2n) is 7.78. The molecule has 166 valence electrons. The Bertz CT molecular complexity index is 763. The molecule has 0 radical (unpaired) electrons. The number of esters is 3. The van der Waals surface area contributed by atoms with E-state index in [0.29, 0.717) is 12.8 Å². The fourth-order valence-corrected chi connectivity index (χ4v) is 3.84. The zero-order chi connectivity index (χ0) is 22.4. The Labute approximate surface area is 176 Å². The van der Waals surface area contributed by atoms with Crippen molar-refractivity contribution in [1.82, 2.24) is 0 Å². The van der Waals surface area contributed by atoms with E-state index in [1.807, 2.05) is 13.0 Å². The molecule has 0 aromatic rings. The van der Waals surface area contributed by atoms with Crippen molar-refractivity contribution < 1.29 is 38.8 Å². The van der Waals surface area contributed by atoms with E-state index in [4.69, 9.17) is 19.3 Å². The molecule has 1 aliphatic carbocycles. The van der Waals surface area contributed by atoms with Crippen LogP contribution in [-0.4, -0.2) is 59.6 Å². The molecule has 1 fully saturated rings. The maximum Gasteiger partial charge on any atom is 0.336 e. The van der Waals surface area contributed by atoms with Crippen LogP contribution < -0.4 is 0 Å². The van der Waals surface area contributed by atoms with E-state index in [9.17, 15) is 19.5 Å². The molecule has 30 heavy (non-hydrogen) atoms. The maximum atomic E-state index is 12.5. The van der Waals surface area contributed by atoms with Crippen molar-refractivity contribution >= 4 is 17.9 Å². The number of hydrogen-bond acceptors (Lipinski definition) is 8. The Balaban J connectivity index is 2.41. The Morgan fingerprint density at radius 3 is 2.57 bits per heavy atom. The summed E-state index contributed by atoms with van der Waals surface area (Å²) in [5.41, 5.74) is 1.60. The van der Waals surface area contributed by atoms with Gasteiger partial charge in [0.2, 0.25) is 0 Å². The normalized spacial score (nSPS) is 33.3. The molecule has 1 saturated heterocycles. The second kappa shape index (κ2) is 10.5. The van der Waals surface area contributed by atoms with E-state index in [0.717, 1.165) is 11.1 Å². The number of rotatable bonds is 5. The number of carbonyl (C=O) groups is 3. The molecule has 0 unspecified atom stereocenters. The van der Waals surface area contributed by atoms with Crippen molar-refractivity contribution in [3.8, 4) is 0 Å². The van der Waals surface area contributed by atoms with Gasteiger partial charge in [-0.2, -0.15) is 0 Å². The highest BCUT2D eigenvalue weighted by Crippen LogP contribution is 2.37. The van der Waals surface area contributed by atoms with Crippen LogP contribution in [0, 0.1) is 11.8 Å². The summed E-state index contributed by atoms with van der Waals surface area (Å²) in [5.74, 6) is -2.51. The van der Waals surface area contributed by atoms with Gasteiger partial charge in [-0.25, -0.2) is 4.79 Å². The molecule has 5 atom stereocenters. The van der Waals surface area contributed by atoms with Gasteiger partial charge in [-0.15, -0.1) is 0 Å². The Morgan fingerprint density at radius 1 is 1.27 bits per heavy atom. The molecule has 1 aliphatic heterocycles. The van der Waals surface area contributed by atoms with Crippen LogP contribution in [0.25, 0.3) is 0 Å². The summed E-state index contributed by atoms with van der Waals surface area (Å²) in [6, 6.07) is 0. The molecular formula is C22H30O8. The topological polar surface area (TPSA) is 119 Å². The first-order valence-corrected chi connectivity index (χ1v) is 10.0. The summed E-state index contributed by atoms with van der Waals surface area (Å²) in [6.45, 7) is 5.78. The lowest BCUT2D eigenvalue weighted by Crippen LogP contribution is -2.37. The smallest absolute Gasteiger partial charge is 0.336 e. The lowest BCUT2D eigenvalue weighted by molar-refractivity contribution is -0.149. The van der Waals surface area contributed by atoms with Crippen molar-refractivity contribution in [1.29, 1.82) is 0 Å². The zero-order valence-corrected chi connectivity index (χ0v) is 17.8. The minimum atomic E-state index is -0.745. The van der Waals surface area contributed by atoms with Gasteiger partial charge < -0.3 is 24.4 Å². The van der Waals surface area contributed by atoms with Gasteiger partial charge in [0, 0.05) is 19.8 Å². The summed E-state index contributed by atoms with van der Waals surface area (Å²) in [7, 11) is 0. The summed E-state index contributed by atoms with van der Waals surface area (Å²) < 4.78 is 16.7. The summed E-state index contributed by atoms with van der Waals surface area (Å²) in [6.07, 6.45) is 3.87. The molecule has 2 N–H and O–H groups in total. The van der Waals surface area contributed by atoms with Crippen LogP contribution in [0.5, 0.6) is 0 Å². The van der Waals surface area contributed by atoms with E-state index in [-0.39, 0.29) is 5.57 Å². The fraction of sp³-hybridized carbons (Fsp3) is 0.591. The van der Waals surface area contributed by atoms with Crippen molar-refractivity contribution in [3.05, 3.63) is 34.9 Å². The quantitative estimate of drug-likeness (QED) is 0.297. The third kappa shape index (κ3) is 5.79. The SMILES string of the molecule is CC(=O)O[C@H]1C/C=C(\C)C[C@@H](OC(=O)/C(=C/CO)CO)[C@H]2[C@H](C)C(=O)O[C@@H]2/C=C\1C. The molecule has 0 bridgehead atoms. The minimum absolute atomic E-state index is 0.0488. The number of carbonyl (C=O) groups excluding carboxylic acids is 3. The first kappa shape index (κ1) is 23.8. The molecule has 8 nitrogen and oxygen atoms in total. The van der Waals surface area contributed by atoms with Gasteiger partial charge in [0.05, 0.1) is 30.6 Å². The van der Waals surface area contributed by atoms with Gasteiger partial charge in [0.15, 0.2) is 0 Å². The maximum absolute atomic E-state index is 12.5. The number of aliphatic hydroxyl groups excluding tert-OH is 2. The molecule has 0 spiro atoms. The van der Waals surface area contributed by atoms with Crippen LogP contribution in [0.4, 0.5) is 0 Å². The van der Waals surface area contributed by atoms with E-state index in [2.05, 4.69) is 0 Å². The molecule has 0 saturated carbocycles. The number of ether oxygens (including phenoxy) is 3. The number of hydrogen-bond donors (Lipinski definition) is 2. The Hall–Kier alpha value is -2.45. The summed E-state index contributed by atoms with van der Waals surface area (Å²) in [5, 5.41) is 18.4. The Kier molecular flexibility index (Phi) is 8.37. The molecule has 8 heteroatoms. The van der Waals surface area contributed by atoms with E-state index in [1.165, 1.54) is 13.0 Å². The number of fused-ring (bicyclic) bond motifs is 1. The van der Waals surface area contributed by atoms with E-state index >= 15 is 0 Å². The van der Waals surface area contributed by atoms with Crippen LogP contribution in [0.3, 0.4) is 0 Å². The summed E-state index contributed by atoms with van der Waals surface area (Å²) in [4.78, 5) is 36.3. The van der Waals surface area contributed by atoms with Crippen LogP contribution in [0.15, 0.2) is 34.9 Å². The standard InChI is InChI=1S/C22H30O8/c1-12-5-6-17(28-15(4)25)13(2)10-19-20(14(3)21(26)29-19)18(9-12)30-22(27)16(11-24)7-8-23/h5,7,10,14,17-20,23-24H,6,8-9,11H2,1-4H3/b12-5+,13-10-,16-7+/t14-,17-,18+,19+,20+/m0/s1.